The highest BCUT2D eigenvalue weighted by Gasteiger charge is 1.90. The molecule has 3 heteroatoms. The summed E-state index contributed by atoms with van der Waals surface area (Å²) in [6.45, 7) is 3.36. The van der Waals surface area contributed by atoms with E-state index in [2.05, 4.69) is 16.2 Å². The predicted molar refractivity (Wildman–Crippen MR) is 79.7 cm³/mol. The van der Waals surface area contributed by atoms with Gasteiger partial charge in [0.1, 0.15) is 0 Å². The summed E-state index contributed by atoms with van der Waals surface area (Å²) >= 11 is 0. The zero-order valence-electron chi connectivity index (χ0n) is 11.7. The lowest BCUT2D eigenvalue weighted by Crippen LogP contribution is -1.81. The summed E-state index contributed by atoms with van der Waals surface area (Å²) in [6, 6.07) is 0. The Morgan fingerprint density at radius 2 is 1.18 bits per heavy atom. The van der Waals surface area contributed by atoms with E-state index in [4.69, 9.17) is 9.90 Å². The van der Waals surface area contributed by atoms with Gasteiger partial charge in [0.2, 0.25) is 0 Å². The van der Waals surface area contributed by atoms with Crippen LogP contribution in [-0.2, 0) is 4.79 Å². The Morgan fingerprint density at radius 3 is 1.47 bits per heavy atom. The summed E-state index contributed by atoms with van der Waals surface area (Å²) in [5.74, 6) is -0.833. The summed E-state index contributed by atoms with van der Waals surface area (Å²) in [5.41, 5.74) is 0. The average molecular weight is 262 g/mol. The highest BCUT2D eigenvalue weighted by molar-refractivity contribution is 7.16. The molecule has 1 unspecified atom stereocenters. The number of unbranched alkanes of at least 4 members (excludes halogenated alkanes) is 9. The molecule has 0 aliphatic rings. The normalized spacial score (nSPS) is 9.59. The maximum Gasteiger partial charge on any atom is 0.300 e. The Kier molecular flexibility index (Phi) is 20.7. The minimum Gasteiger partial charge on any atom is -0.481 e. The Morgan fingerprint density at radius 1 is 0.882 bits per heavy atom. The molecule has 0 saturated heterocycles. The zero-order chi connectivity index (χ0) is 13.4. The van der Waals surface area contributed by atoms with E-state index >= 15 is 0 Å². The van der Waals surface area contributed by atoms with Gasteiger partial charge in [-0.15, -0.1) is 9.24 Å². The van der Waals surface area contributed by atoms with Gasteiger partial charge in [-0.2, -0.15) is 0 Å². The fraction of sp³-hybridized carbons (Fsp3) is 0.929. The third-order valence-electron chi connectivity index (χ3n) is 2.56. The molecule has 0 aliphatic heterocycles. The molecule has 0 aromatic carbocycles. The molecule has 0 amide bonds. The van der Waals surface area contributed by atoms with Crippen molar-refractivity contribution in [3.8, 4) is 0 Å². The summed E-state index contributed by atoms with van der Waals surface area (Å²) < 4.78 is 0. The van der Waals surface area contributed by atoms with Crippen molar-refractivity contribution in [2.45, 2.75) is 78.1 Å². The number of carboxylic acid groups (broad SMARTS) is 1. The molecule has 0 aromatic heterocycles. The van der Waals surface area contributed by atoms with Crippen LogP contribution in [0, 0.1) is 0 Å². The summed E-state index contributed by atoms with van der Waals surface area (Å²) in [7, 11) is 2.81. The van der Waals surface area contributed by atoms with E-state index in [1.807, 2.05) is 0 Å². The Balaban J connectivity index is 0. The topological polar surface area (TPSA) is 37.3 Å². The molecule has 0 bridgehead atoms. The van der Waals surface area contributed by atoms with Crippen LogP contribution < -0.4 is 0 Å². The van der Waals surface area contributed by atoms with Gasteiger partial charge in [-0.25, -0.2) is 0 Å². The minimum atomic E-state index is -0.833. The molecule has 0 heterocycles. The lowest BCUT2D eigenvalue weighted by atomic mass is 10.1. The van der Waals surface area contributed by atoms with Crippen molar-refractivity contribution in [2.24, 2.45) is 0 Å². The first kappa shape index (κ1) is 19.2. The van der Waals surface area contributed by atoms with Gasteiger partial charge in [-0.05, 0) is 12.6 Å². The zero-order valence-corrected chi connectivity index (χ0v) is 12.9. The summed E-state index contributed by atoms with van der Waals surface area (Å²) in [5, 5.41) is 7.42. The van der Waals surface area contributed by atoms with Crippen molar-refractivity contribution < 1.29 is 9.90 Å². The number of aliphatic carboxylic acids is 1. The van der Waals surface area contributed by atoms with Crippen LogP contribution in [0.15, 0.2) is 0 Å². The fourth-order valence-corrected chi connectivity index (χ4v) is 1.92. The molecular formula is C14H31O2P. The molecule has 0 rings (SSSR count). The first-order valence-electron chi connectivity index (χ1n) is 7.04. The highest BCUT2D eigenvalue weighted by atomic mass is 31.0. The monoisotopic (exact) mass is 262 g/mol. The molecule has 104 valence electrons. The lowest BCUT2D eigenvalue weighted by Gasteiger charge is -2.00. The summed E-state index contributed by atoms with van der Waals surface area (Å²) in [6.07, 6.45) is 15.7. The smallest absolute Gasteiger partial charge is 0.300 e. The van der Waals surface area contributed by atoms with E-state index in [1.54, 1.807) is 0 Å². The standard InChI is InChI=1S/C12H27P.C2H4O2/c1-2-3-4-5-6-7-8-9-10-11-12-13;1-2(3)4/h2-13H2,1H3;1H3,(H,3,4). The van der Waals surface area contributed by atoms with Crippen LogP contribution in [0.2, 0.25) is 0 Å². The van der Waals surface area contributed by atoms with Crippen LogP contribution in [0.4, 0.5) is 0 Å². The van der Waals surface area contributed by atoms with Gasteiger partial charge < -0.3 is 5.11 Å². The maximum absolute atomic E-state index is 9.00. The highest BCUT2D eigenvalue weighted by Crippen LogP contribution is 2.10. The third kappa shape index (κ3) is 31.3. The van der Waals surface area contributed by atoms with E-state index in [0.29, 0.717) is 0 Å². The molecule has 17 heavy (non-hydrogen) atoms. The fourth-order valence-electron chi connectivity index (χ4n) is 1.63. The van der Waals surface area contributed by atoms with E-state index in [0.717, 1.165) is 6.92 Å². The molecule has 1 N–H and O–H groups in total. The third-order valence-corrected chi connectivity index (χ3v) is 2.97. The number of rotatable bonds is 10. The van der Waals surface area contributed by atoms with Crippen molar-refractivity contribution >= 4 is 15.2 Å². The van der Waals surface area contributed by atoms with Crippen molar-refractivity contribution in [3.63, 3.8) is 0 Å². The number of carboxylic acids is 1. The van der Waals surface area contributed by atoms with Crippen molar-refractivity contribution in [1.82, 2.24) is 0 Å². The van der Waals surface area contributed by atoms with Crippen LogP contribution in [-0.4, -0.2) is 17.2 Å². The quantitative estimate of drug-likeness (QED) is 0.450. The van der Waals surface area contributed by atoms with Gasteiger partial charge in [0.05, 0.1) is 0 Å². The van der Waals surface area contributed by atoms with Crippen molar-refractivity contribution in [2.75, 3.05) is 6.16 Å². The second-order valence-corrected chi connectivity index (χ2v) is 5.07. The van der Waals surface area contributed by atoms with E-state index in [1.165, 1.54) is 70.4 Å². The number of carbonyl (C=O) groups is 1. The van der Waals surface area contributed by atoms with Gasteiger partial charge in [0.25, 0.3) is 5.97 Å². The molecule has 0 fully saturated rings. The van der Waals surface area contributed by atoms with Crippen molar-refractivity contribution in [3.05, 3.63) is 0 Å². The first-order valence-corrected chi connectivity index (χ1v) is 7.86. The van der Waals surface area contributed by atoms with Crippen molar-refractivity contribution in [1.29, 1.82) is 0 Å². The van der Waals surface area contributed by atoms with Crippen LogP contribution in [0.1, 0.15) is 78.1 Å². The predicted octanol–water partition coefficient (Wildman–Crippen LogP) is 4.87. The van der Waals surface area contributed by atoms with Gasteiger partial charge in [-0.3, -0.25) is 4.79 Å². The van der Waals surface area contributed by atoms with Crippen LogP contribution >= 0.6 is 9.24 Å². The lowest BCUT2D eigenvalue weighted by molar-refractivity contribution is -0.134. The largest absolute Gasteiger partial charge is 0.481 e. The number of hydrogen-bond donors (Lipinski definition) is 1. The molecule has 0 aromatic rings. The molecule has 2 nitrogen and oxygen atoms in total. The SMILES string of the molecule is CC(=O)O.CCCCCCCCCCCCP. The second-order valence-electron chi connectivity index (χ2n) is 4.49. The van der Waals surface area contributed by atoms with E-state index < -0.39 is 5.97 Å². The van der Waals surface area contributed by atoms with E-state index in [-0.39, 0.29) is 0 Å². The first-order chi connectivity index (χ1) is 8.15. The van der Waals surface area contributed by atoms with E-state index in [9.17, 15) is 0 Å². The van der Waals surface area contributed by atoms with Gasteiger partial charge in [0, 0.05) is 6.92 Å². The molecular weight excluding hydrogens is 231 g/mol. The molecule has 0 radical (unpaired) electrons. The molecule has 0 saturated carbocycles. The number of hydrogen-bond acceptors (Lipinski definition) is 1. The Labute approximate surface area is 110 Å². The Bertz CT molecular complexity index is 135. The maximum atomic E-state index is 9.00. The average Bonchev–Trinajstić information content (AvgIpc) is 2.26. The minimum absolute atomic E-state index is 0.833. The van der Waals surface area contributed by atoms with Crippen LogP contribution in [0.5, 0.6) is 0 Å². The summed E-state index contributed by atoms with van der Waals surface area (Å²) in [4.78, 5) is 9.00. The molecule has 0 spiro atoms. The van der Waals surface area contributed by atoms with Gasteiger partial charge in [-0.1, -0.05) is 64.7 Å². The van der Waals surface area contributed by atoms with Crippen LogP contribution in [0.25, 0.3) is 0 Å². The molecule has 0 aliphatic carbocycles. The van der Waals surface area contributed by atoms with Gasteiger partial charge >= 0.3 is 0 Å². The molecule has 1 atom stereocenters. The Hall–Kier alpha value is -0.100. The van der Waals surface area contributed by atoms with Gasteiger partial charge in [0.15, 0.2) is 0 Å². The second kappa shape index (κ2) is 18.3. The van der Waals surface area contributed by atoms with Crippen LogP contribution in [0.3, 0.4) is 0 Å².